The summed E-state index contributed by atoms with van der Waals surface area (Å²) in [6, 6.07) is 18.5. The Kier molecular flexibility index (Phi) is 9.21. The molecular weight excluding hydrogens is 450 g/mol. The van der Waals surface area contributed by atoms with Gasteiger partial charge in [0.05, 0.1) is 16.8 Å². The maximum absolute atomic E-state index is 13.2. The van der Waals surface area contributed by atoms with Crippen LogP contribution >= 0.6 is 11.3 Å². The molecular formula is C26H27N3O4S. The molecule has 176 valence electrons. The van der Waals surface area contributed by atoms with Crippen LogP contribution in [-0.2, 0) is 16.1 Å². The summed E-state index contributed by atoms with van der Waals surface area (Å²) >= 11 is 1.13. The molecule has 0 fully saturated rings. The fourth-order valence-corrected chi connectivity index (χ4v) is 4.44. The Morgan fingerprint density at radius 2 is 1.85 bits per heavy atom. The van der Waals surface area contributed by atoms with E-state index in [9.17, 15) is 14.9 Å². The zero-order chi connectivity index (χ0) is 24.3. The molecule has 34 heavy (non-hydrogen) atoms. The van der Waals surface area contributed by atoms with Crippen LogP contribution in [0.1, 0.15) is 25.8 Å². The quantitative estimate of drug-likeness (QED) is 0.453. The SMILES string of the molecule is CCOCCCn1c(=O)/c(=C\c2ccccc2)s/c1=C(/C#N)C(=O)Nc1ccccc1OCC. The van der Waals surface area contributed by atoms with Crippen molar-refractivity contribution in [3.63, 3.8) is 0 Å². The summed E-state index contributed by atoms with van der Waals surface area (Å²) in [4.78, 5) is 26.4. The highest BCUT2D eigenvalue weighted by Gasteiger charge is 2.17. The van der Waals surface area contributed by atoms with Gasteiger partial charge in [0.2, 0.25) is 0 Å². The van der Waals surface area contributed by atoms with E-state index >= 15 is 0 Å². The number of nitrogens with zero attached hydrogens (tertiary/aromatic N) is 2. The van der Waals surface area contributed by atoms with E-state index in [2.05, 4.69) is 5.32 Å². The Morgan fingerprint density at radius 1 is 1.12 bits per heavy atom. The summed E-state index contributed by atoms with van der Waals surface area (Å²) in [5.41, 5.74) is 0.954. The normalized spacial score (nSPS) is 12.2. The smallest absolute Gasteiger partial charge is 0.269 e. The number of thiazole rings is 1. The molecule has 1 aromatic heterocycles. The Bertz CT molecular complexity index is 1340. The van der Waals surface area contributed by atoms with E-state index in [0.717, 1.165) is 16.9 Å². The second kappa shape index (κ2) is 12.5. The van der Waals surface area contributed by atoms with Crippen LogP contribution in [0.2, 0.25) is 0 Å². The highest BCUT2D eigenvalue weighted by atomic mass is 32.1. The molecule has 0 spiro atoms. The number of hydrogen-bond acceptors (Lipinski definition) is 6. The van der Waals surface area contributed by atoms with Crippen molar-refractivity contribution in [1.82, 2.24) is 4.57 Å². The van der Waals surface area contributed by atoms with Gasteiger partial charge in [0, 0.05) is 19.8 Å². The molecule has 0 saturated heterocycles. The average Bonchev–Trinajstić information content (AvgIpc) is 3.14. The Morgan fingerprint density at radius 3 is 2.56 bits per heavy atom. The first-order valence-electron chi connectivity index (χ1n) is 11.1. The number of nitrogens with one attached hydrogen (secondary N) is 1. The first kappa shape index (κ1) is 25.0. The van der Waals surface area contributed by atoms with Crippen molar-refractivity contribution in [2.75, 3.05) is 25.1 Å². The zero-order valence-electron chi connectivity index (χ0n) is 19.2. The molecule has 0 atom stereocenters. The molecule has 1 N–H and O–H groups in total. The standard InChI is InChI=1S/C26H27N3O4S/c1-3-32-16-10-15-29-25(31)23(17-19-11-6-5-7-12-19)34-26(29)20(18-27)24(30)28-21-13-8-9-14-22(21)33-4-2/h5-9,11-14,17H,3-4,10,15-16H2,1-2H3,(H,28,30)/b23-17+,26-20-. The van der Waals surface area contributed by atoms with Crippen LogP contribution in [0.15, 0.2) is 59.4 Å². The Balaban J connectivity index is 2.09. The van der Waals surface area contributed by atoms with Crippen LogP contribution in [0.3, 0.4) is 0 Å². The average molecular weight is 478 g/mol. The molecule has 3 aromatic rings. The number of hydrogen-bond donors (Lipinski definition) is 1. The topological polar surface area (TPSA) is 93.4 Å². The molecule has 8 heteroatoms. The summed E-state index contributed by atoms with van der Waals surface area (Å²) in [5.74, 6) is -0.0882. The minimum atomic E-state index is -0.597. The van der Waals surface area contributed by atoms with Gasteiger partial charge in [0.1, 0.15) is 16.5 Å². The van der Waals surface area contributed by atoms with Crippen molar-refractivity contribution in [1.29, 1.82) is 5.26 Å². The van der Waals surface area contributed by atoms with Gasteiger partial charge in [-0.25, -0.2) is 0 Å². The number of aromatic nitrogens is 1. The number of amides is 1. The fraction of sp³-hybridized carbons (Fsp3) is 0.269. The van der Waals surface area contributed by atoms with E-state index in [0.29, 0.717) is 53.4 Å². The largest absolute Gasteiger partial charge is 0.492 e. The molecule has 7 nitrogen and oxygen atoms in total. The molecule has 0 bridgehead atoms. The lowest BCUT2D eigenvalue weighted by Gasteiger charge is -2.11. The predicted octanol–water partition coefficient (Wildman–Crippen LogP) is 2.88. The van der Waals surface area contributed by atoms with Crippen LogP contribution in [0.4, 0.5) is 5.69 Å². The van der Waals surface area contributed by atoms with E-state index in [4.69, 9.17) is 9.47 Å². The minimum Gasteiger partial charge on any atom is -0.492 e. The molecule has 2 aromatic carbocycles. The summed E-state index contributed by atoms with van der Waals surface area (Å²) in [6.07, 6.45) is 2.35. The van der Waals surface area contributed by atoms with Crippen LogP contribution in [0, 0.1) is 11.3 Å². The molecule has 0 radical (unpaired) electrons. The van der Waals surface area contributed by atoms with Crippen LogP contribution in [-0.4, -0.2) is 30.3 Å². The van der Waals surface area contributed by atoms with Gasteiger partial charge >= 0.3 is 0 Å². The Labute approximate surface area is 202 Å². The fourth-order valence-electron chi connectivity index (χ4n) is 3.31. The van der Waals surface area contributed by atoms with Gasteiger partial charge in [0.15, 0.2) is 5.57 Å². The predicted molar refractivity (Wildman–Crippen MR) is 134 cm³/mol. The highest BCUT2D eigenvalue weighted by molar-refractivity contribution is 7.07. The van der Waals surface area contributed by atoms with Gasteiger partial charge in [-0.1, -0.05) is 42.5 Å². The summed E-state index contributed by atoms with van der Waals surface area (Å²) in [5, 5.41) is 12.7. The van der Waals surface area contributed by atoms with Crippen molar-refractivity contribution in [2.45, 2.75) is 26.8 Å². The number of carbonyl (C=O) groups is 1. The molecule has 0 aliphatic heterocycles. The molecule has 0 aliphatic rings. The van der Waals surface area contributed by atoms with Gasteiger partial charge in [-0.2, -0.15) is 5.26 Å². The van der Waals surface area contributed by atoms with Crippen molar-refractivity contribution < 1.29 is 14.3 Å². The maximum atomic E-state index is 13.2. The summed E-state index contributed by atoms with van der Waals surface area (Å²) in [7, 11) is 0. The van der Waals surface area contributed by atoms with E-state index in [-0.39, 0.29) is 11.1 Å². The van der Waals surface area contributed by atoms with Gasteiger partial charge in [-0.05, 0) is 44.0 Å². The Hall–Kier alpha value is -3.67. The second-order valence-electron chi connectivity index (χ2n) is 7.20. The first-order valence-corrected chi connectivity index (χ1v) is 11.9. The van der Waals surface area contributed by atoms with E-state index in [1.807, 2.05) is 50.2 Å². The van der Waals surface area contributed by atoms with Gasteiger partial charge in [0.25, 0.3) is 11.5 Å². The number of para-hydroxylation sites is 2. The zero-order valence-corrected chi connectivity index (χ0v) is 20.1. The molecule has 0 unspecified atom stereocenters. The third kappa shape index (κ3) is 6.22. The first-order chi connectivity index (χ1) is 16.6. The van der Waals surface area contributed by atoms with Gasteiger partial charge in [-0.3, -0.25) is 14.2 Å². The third-order valence-corrected chi connectivity index (χ3v) is 6.00. The van der Waals surface area contributed by atoms with E-state index in [1.54, 1.807) is 30.3 Å². The van der Waals surface area contributed by atoms with Crippen LogP contribution in [0.25, 0.3) is 11.6 Å². The molecule has 0 aliphatic carbocycles. The van der Waals surface area contributed by atoms with Crippen molar-refractivity contribution >= 4 is 34.6 Å². The lowest BCUT2D eigenvalue weighted by atomic mass is 10.2. The van der Waals surface area contributed by atoms with Crippen molar-refractivity contribution in [3.05, 3.63) is 79.7 Å². The maximum Gasteiger partial charge on any atom is 0.269 e. The van der Waals surface area contributed by atoms with Crippen LogP contribution < -0.4 is 24.8 Å². The number of carbonyl (C=O) groups excluding carboxylic acids is 1. The van der Waals surface area contributed by atoms with Crippen LogP contribution in [0.5, 0.6) is 5.75 Å². The lowest BCUT2D eigenvalue weighted by molar-refractivity contribution is -0.111. The third-order valence-electron chi connectivity index (χ3n) is 4.87. The molecule has 1 amide bonds. The number of benzene rings is 2. The number of rotatable bonds is 10. The monoisotopic (exact) mass is 477 g/mol. The lowest BCUT2D eigenvalue weighted by Crippen LogP contribution is -2.34. The summed E-state index contributed by atoms with van der Waals surface area (Å²) < 4.78 is 13.2. The number of anilines is 1. The van der Waals surface area contributed by atoms with E-state index < -0.39 is 5.91 Å². The number of nitriles is 1. The van der Waals surface area contributed by atoms with E-state index in [1.165, 1.54) is 4.57 Å². The highest BCUT2D eigenvalue weighted by Crippen LogP contribution is 2.24. The number of ether oxygens (including phenoxy) is 2. The second-order valence-corrected chi connectivity index (χ2v) is 8.23. The van der Waals surface area contributed by atoms with Gasteiger partial charge < -0.3 is 14.8 Å². The van der Waals surface area contributed by atoms with Crippen molar-refractivity contribution in [3.8, 4) is 11.8 Å². The van der Waals surface area contributed by atoms with Gasteiger partial charge in [-0.15, -0.1) is 11.3 Å². The summed E-state index contributed by atoms with van der Waals surface area (Å²) in [6.45, 7) is 5.58. The molecule has 1 heterocycles. The minimum absolute atomic E-state index is 0.127. The molecule has 0 saturated carbocycles. The molecule has 3 rings (SSSR count). The van der Waals surface area contributed by atoms with Crippen molar-refractivity contribution in [2.24, 2.45) is 0 Å².